The van der Waals surface area contributed by atoms with Gasteiger partial charge in [-0.25, -0.2) is 0 Å². The first kappa shape index (κ1) is 11.6. The maximum absolute atomic E-state index is 9.19. The van der Waals surface area contributed by atoms with Crippen LogP contribution in [0.3, 0.4) is 0 Å². The highest BCUT2D eigenvalue weighted by Gasteiger charge is 2.33. The van der Waals surface area contributed by atoms with Gasteiger partial charge in [0.05, 0.1) is 31.1 Å². The number of morpholine rings is 1. The Labute approximate surface area is 95.8 Å². The topological polar surface area (TPSA) is 45.8 Å². The molecule has 1 aliphatic heterocycles. The molecule has 0 aromatic carbocycles. The number of aliphatic hydroxyl groups excluding tert-OH is 1. The normalized spacial score (nSPS) is 25.8. The molecule has 0 bridgehead atoms. The molecule has 0 saturated carbocycles. The van der Waals surface area contributed by atoms with Crippen LogP contribution in [0, 0.1) is 0 Å². The minimum Gasteiger partial charge on any atom is -0.468 e. The van der Waals surface area contributed by atoms with Crippen LogP contribution in [0.2, 0.25) is 0 Å². The van der Waals surface area contributed by atoms with Gasteiger partial charge in [-0.05, 0) is 26.0 Å². The van der Waals surface area contributed by atoms with Gasteiger partial charge in [-0.3, -0.25) is 4.90 Å². The van der Waals surface area contributed by atoms with E-state index in [4.69, 9.17) is 9.15 Å². The summed E-state index contributed by atoms with van der Waals surface area (Å²) in [5, 5.41) is 9.19. The Bertz CT molecular complexity index is 321. The Hall–Kier alpha value is -0.840. The van der Waals surface area contributed by atoms with E-state index in [0.29, 0.717) is 0 Å². The molecule has 0 radical (unpaired) electrons. The van der Waals surface area contributed by atoms with Gasteiger partial charge >= 0.3 is 0 Å². The maximum Gasteiger partial charge on any atom is 0.117 e. The monoisotopic (exact) mass is 225 g/mol. The Morgan fingerprint density at radius 1 is 1.56 bits per heavy atom. The van der Waals surface area contributed by atoms with Crippen molar-refractivity contribution in [3.05, 3.63) is 24.2 Å². The second-order valence-corrected chi connectivity index (χ2v) is 4.93. The van der Waals surface area contributed by atoms with E-state index in [1.165, 1.54) is 0 Å². The van der Waals surface area contributed by atoms with Crippen LogP contribution in [0.1, 0.15) is 19.6 Å². The zero-order valence-corrected chi connectivity index (χ0v) is 9.85. The van der Waals surface area contributed by atoms with Crippen molar-refractivity contribution in [1.29, 1.82) is 0 Å². The average Bonchev–Trinajstić information content (AvgIpc) is 2.67. The number of aliphatic hydroxyl groups is 1. The van der Waals surface area contributed by atoms with Crippen molar-refractivity contribution in [2.75, 3.05) is 19.7 Å². The molecule has 2 heterocycles. The fourth-order valence-corrected chi connectivity index (χ4v) is 2.26. The van der Waals surface area contributed by atoms with E-state index in [1.807, 2.05) is 26.0 Å². The highest BCUT2D eigenvalue weighted by molar-refractivity contribution is 4.99. The van der Waals surface area contributed by atoms with Gasteiger partial charge in [0.25, 0.3) is 0 Å². The Kier molecular flexibility index (Phi) is 3.33. The zero-order chi connectivity index (χ0) is 11.6. The summed E-state index contributed by atoms with van der Waals surface area (Å²) in [6.07, 6.45) is 1.59. The van der Waals surface area contributed by atoms with Crippen molar-refractivity contribution in [3.63, 3.8) is 0 Å². The number of hydrogen-bond donors (Lipinski definition) is 1. The van der Waals surface area contributed by atoms with Crippen LogP contribution >= 0.6 is 0 Å². The van der Waals surface area contributed by atoms with Crippen molar-refractivity contribution in [1.82, 2.24) is 4.90 Å². The molecule has 0 amide bonds. The predicted molar refractivity (Wildman–Crippen MR) is 60.0 cm³/mol. The van der Waals surface area contributed by atoms with Crippen molar-refractivity contribution in [2.45, 2.75) is 32.1 Å². The summed E-state index contributed by atoms with van der Waals surface area (Å²) >= 11 is 0. The first-order valence-corrected chi connectivity index (χ1v) is 5.62. The van der Waals surface area contributed by atoms with Crippen molar-refractivity contribution in [2.24, 2.45) is 0 Å². The molecular weight excluding hydrogens is 206 g/mol. The van der Waals surface area contributed by atoms with E-state index < -0.39 is 0 Å². The lowest BCUT2D eigenvalue weighted by Gasteiger charge is -2.42. The molecule has 1 N–H and O–H groups in total. The van der Waals surface area contributed by atoms with E-state index in [9.17, 15) is 5.11 Å². The van der Waals surface area contributed by atoms with E-state index in [1.54, 1.807) is 6.26 Å². The summed E-state index contributed by atoms with van der Waals surface area (Å²) in [6, 6.07) is 3.86. The molecule has 0 aliphatic carbocycles. The summed E-state index contributed by atoms with van der Waals surface area (Å²) in [5.41, 5.74) is -0.210. The molecule has 4 nitrogen and oxygen atoms in total. The summed E-state index contributed by atoms with van der Waals surface area (Å²) in [5.74, 6) is 0.953. The summed E-state index contributed by atoms with van der Waals surface area (Å²) in [6.45, 7) is 6.53. The Morgan fingerprint density at radius 2 is 2.38 bits per heavy atom. The van der Waals surface area contributed by atoms with Crippen molar-refractivity contribution in [3.8, 4) is 0 Å². The summed E-state index contributed by atoms with van der Waals surface area (Å²) in [7, 11) is 0. The highest BCUT2D eigenvalue weighted by Crippen LogP contribution is 2.22. The molecule has 2 rings (SSSR count). The first-order chi connectivity index (χ1) is 7.59. The molecule has 0 spiro atoms. The zero-order valence-electron chi connectivity index (χ0n) is 9.85. The van der Waals surface area contributed by atoms with Gasteiger partial charge in [0.15, 0.2) is 0 Å². The molecule has 1 atom stereocenters. The van der Waals surface area contributed by atoms with Gasteiger partial charge in [-0.2, -0.15) is 0 Å². The maximum atomic E-state index is 9.19. The summed E-state index contributed by atoms with van der Waals surface area (Å²) < 4.78 is 11.1. The largest absolute Gasteiger partial charge is 0.468 e. The SMILES string of the molecule is CC1(C)CN(Cc2ccco2)CC(CO)O1. The lowest BCUT2D eigenvalue weighted by atomic mass is 10.1. The number of furan rings is 1. The third-order valence-corrected chi connectivity index (χ3v) is 2.72. The van der Waals surface area contributed by atoms with Gasteiger partial charge in [-0.1, -0.05) is 0 Å². The molecule has 1 aromatic rings. The van der Waals surface area contributed by atoms with Gasteiger partial charge in [0.1, 0.15) is 5.76 Å². The second kappa shape index (κ2) is 4.57. The van der Waals surface area contributed by atoms with Crippen molar-refractivity contribution < 1.29 is 14.3 Å². The van der Waals surface area contributed by atoms with Gasteiger partial charge in [0, 0.05) is 13.1 Å². The fraction of sp³-hybridized carbons (Fsp3) is 0.667. The second-order valence-electron chi connectivity index (χ2n) is 4.93. The van der Waals surface area contributed by atoms with Crippen LogP contribution in [-0.4, -0.2) is 41.4 Å². The molecule has 1 unspecified atom stereocenters. The summed E-state index contributed by atoms with van der Waals surface area (Å²) in [4.78, 5) is 2.25. The number of nitrogens with zero attached hydrogens (tertiary/aromatic N) is 1. The molecule has 1 aliphatic rings. The van der Waals surface area contributed by atoms with Crippen LogP contribution < -0.4 is 0 Å². The first-order valence-electron chi connectivity index (χ1n) is 5.62. The molecule has 1 aromatic heterocycles. The molecule has 4 heteroatoms. The highest BCUT2D eigenvalue weighted by atomic mass is 16.5. The standard InChI is InChI=1S/C12H19NO3/c1-12(2)9-13(7-11(8-14)16-12)6-10-4-3-5-15-10/h3-5,11,14H,6-9H2,1-2H3. The smallest absolute Gasteiger partial charge is 0.117 e. The third-order valence-electron chi connectivity index (χ3n) is 2.72. The Balaban J connectivity index is 1.99. The van der Waals surface area contributed by atoms with Crippen LogP contribution in [0.5, 0.6) is 0 Å². The van der Waals surface area contributed by atoms with Gasteiger partial charge < -0.3 is 14.3 Å². The minimum absolute atomic E-state index is 0.0675. The molecular formula is C12H19NO3. The van der Waals surface area contributed by atoms with Crippen LogP contribution in [0.25, 0.3) is 0 Å². The lowest BCUT2D eigenvalue weighted by molar-refractivity contribution is -0.151. The molecule has 1 fully saturated rings. The predicted octanol–water partition coefficient (Wildman–Crippen LogP) is 1.25. The van der Waals surface area contributed by atoms with Gasteiger partial charge in [0.2, 0.25) is 0 Å². The Morgan fingerprint density at radius 3 is 3.00 bits per heavy atom. The molecule has 16 heavy (non-hydrogen) atoms. The van der Waals surface area contributed by atoms with Crippen LogP contribution in [0.4, 0.5) is 0 Å². The number of ether oxygens (including phenoxy) is 1. The van der Waals surface area contributed by atoms with E-state index in [-0.39, 0.29) is 18.3 Å². The fourth-order valence-electron chi connectivity index (χ4n) is 2.26. The van der Waals surface area contributed by atoms with E-state index in [0.717, 1.165) is 25.4 Å². The minimum atomic E-state index is -0.210. The van der Waals surface area contributed by atoms with E-state index in [2.05, 4.69) is 4.90 Å². The lowest BCUT2D eigenvalue weighted by Crippen LogP contribution is -2.53. The average molecular weight is 225 g/mol. The molecule has 90 valence electrons. The third kappa shape index (κ3) is 2.84. The number of rotatable bonds is 3. The van der Waals surface area contributed by atoms with Gasteiger partial charge in [-0.15, -0.1) is 0 Å². The van der Waals surface area contributed by atoms with Crippen LogP contribution in [-0.2, 0) is 11.3 Å². The van der Waals surface area contributed by atoms with Crippen LogP contribution in [0.15, 0.2) is 22.8 Å². The number of hydrogen-bond acceptors (Lipinski definition) is 4. The molecule has 1 saturated heterocycles. The van der Waals surface area contributed by atoms with E-state index >= 15 is 0 Å². The van der Waals surface area contributed by atoms with Crippen molar-refractivity contribution >= 4 is 0 Å². The quantitative estimate of drug-likeness (QED) is 0.841.